The molecule has 4 rings (SSSR count). The van der Waals surface area contributed by atoms with Crippen LogP contribution in [0.1, 0.15) is 16.7 Å². The van der Waals surface area contributed by atoms with Gasteiger partial charge in [0.2, 0.25) is 0 Å². The Kier molecular flexibility index (Phi) is 2.79. The number of benzene rings is 3. The summed E-state index contributed by atoms with van der Waals surface area (Å²) in [7, 11) is 0. The number of rotatable bonds is 2. The van der Waals surface area contributed by atoms with E-state index < -0.39 is 0 Å². The minimum atomic E-state index is 1.03. The molecule has 1 heterocycles. The standard InChI is InChI=1S/C19H17N/c1-2-6-17-11-15(9-10-16(17)5-1)12-20-13-18-7-3-4-8-19(18)14-20/h1-11H,12-14H2. The third kappa shape index (κ3) is 2.10. The van der Waals surface area contributed by atoms with E-state index in [-0.39, 0.29) is 0 Å². The van der Waals surface area contributed by atoms with E-state index in [1.807, 2.05) is 0 Å². The zero-order valence-electron chi connectivity index (χ0n) is 11.4. The predicted octanol–water partition coefficient (Wildman–Crippen LogP) is 4.36. The SMILES string of the molecule is c1ccc2c(c1)CN(Cc1ccc3ccccc3c1)C2. The summed E-state index contributed by atoms with van der Waals surface area (Å²) in [6.07, 6.45) is 0. The molecule has 0 fully saturated rings. The lowest BCUT2D eigenvalue weighted by Gasteiger charge is -2.15. The van der Waals surface area contributed by atoms with Gasteiger partial charge in [-0.05, 0) is 33.5 Å². The van der Waals surface area contributed by atoms with E-state index in [2.05, 4.69) is 71.6 Å². The Hall–Kier alpha value is -2.12. The van der Waals surface area contributed by atoms with Crippen molar-refractivity contribution in [2.24, 2.45) is 0 Å². The summed E-state index contributed by atoms with van der Waals surface area (Å²) in [5.74, 6) is 0. The van der Waals surface area contributed by atoms with Crippen LogP contribution in [-0.2, 0) is 19.6 Å². The molecule has 1 nitrogen and oxygen atoms in total. The summed E-state index contributed by atoms with van der Waals surface area (Å²) in [5.41, 5.74) is 4.36. The average Bonchev–Trinajstić information content (AvgIpc) is 2.89. The van der Waals surface area contributed by atoms with Crippen LogP contribution < -0.4 is 0 Å². The van der Waals surface area contributed by atoms with E-state index in [0.717, 1.165) is 19.6 Å². The van der Waals surface area contributed by atoms with E-state index in [0.29, 0.717) is 0 Å². The lowest BCUT2D eigenvalue weighted by Crippen LogP contribution is -2.15. The van der Waals surface area contributed by atoms with Gasteiger partial charge in [0, 0.05) is 19.6 Å². The summed E-state index contributed by atoms with van der Waals surface area (Å²) >= 11 is 0. The van der Waals surface area contributed by atoms with Crippen LogP contribution in [0.25, 0.3) is 10.8 Å². The zero-order valence-corrected chi connectivity index (χ0v) is 11.4. The molecule has 98 valence electrons. The van der Waals surface area contributed by atoms with Crippen molar-refractivity contribution in [3.05, 3.63) is 83.4 Å². The van der Waals surface area contributed by atoms with Crippen LogP contribution in [0.2, 0.25) is 0 Å². The molecule has 3 aromatic rings. The van der Waals surface area contributed by atoms with E-state index in [9.17, 15) is 0 Å². The highest BCUT2D eigenvalue weighted by atomic mass is 15.1. The van der Waals surface area contributed by atoms with Crippen molar-refractivity contribution >= 4 is 10.8 Å². The van der Waals surface area contributed by atoms with Gasteiger partial charge in [0.1, 0.15) is 0 Å². The number of nitrogens with zero attached hydrogens (tertiary/aromatic N) is 1. The average molecular weight is 259 g/mol. The molecule has 1 aliphatic rings. The molecule has 0 saturated heterocycles. The van der Waals surface area contributed by atoms with Gasteiger partial charge >= 0.3 is 0 Å². The fraction of sp³-hybridized carbons (Fsp3) is 0.158. The van der Waals surface area contributed by atoms with Crippen LogP contribution in [0.5, 0.6) is 0 Å². The fourth-order valence-corrected chi connectivity index (χ4v) is 3.11. The molecule has 0 N–H and O–H groups in total. The Balaban J connectivity index is 1.57. The second-order valence-electron chi connectivity index (χ2n) is 5.60. The Morgan fingerprint density at radius 3 is 2.10 bits per heavy atom. The third-order valence-electron chi connectivity index (χ3n) is 4.13. The van der Waals surface area contributed by atoms with Gasteiger partial charge in [0.25, 0.3) is 0 Å². The van der Waals surface area contributed by atoms with Crippen molar-refractivity contribution in [3.63, 3.8) is 0 Å². The molecule has 0 amide bonds. The van der Waals surface area contributed by atoms with Crippen LogP contribution in [0.3, 0.4) is 0 Å². The molecule has 1 heteroatoms. The number of fused-ring (bicyclic) bond motifs is 2. The number of hydrogen-bond donors (Lipinski definition) is 0. The highest BCUT2D eigenvalue weighted by Gasteiger charge is 2.17. The summed E-state index contributed by atoms with van der Waals surface area (Å²) < 4.78 is 0. The predicted molar refractivity (Wildman–Crippen MR) is 83.3 cm³/mol. The van der Waals surface area contributed by atoms with Crippen LogP contribution in [-0.4, -0.2) is 4.90 Å². The van der Waals surface area contributed by atoms with E-state index in [4.69, 9.17) is 0 Å². The van der Waals surface area contributed by atoms with Crippen LogP contribution in [0.4, 0.5) is 0 Å². The van der Waals surface area contributed by atoms with Gasteiger partial charge in [0.15, 0.2) is 0 Å². The molecule has 0 saturated carbocycles. The van der Waals surface area contributed by atoms with Crippen molar-refractivity contribution in [1.29, 1.82) is 0 Å². The van der Waals surface area contributed by atoms with Crippen molar-refractivity contribution < 1.29 is 0 Å². The molecule has 0 aliphatic carbocycles. The van der Waals surface area contributed by atoms with Gasteiger partial charge in [0.05, 0.1) is 0 Å². The third-order valence-corrected chi connectivity index (χ3v) is 4.13. The van der Waals surface area contributed by atoms with Crippen molar-refractivity contribution in [2.45, 2.75) is 19.6 Å². The quantitative estimate of drug-likeness (QED) is 0.661. The number of hydrogen-bond acceptors (Lipinski definition) is 1. The highest BCUT2D eigenvalue weighted by molar-refractivity contribution is 5.82. The first-order valence-corrected chi connectivity index (χ1v) is 7.15. The molecule has 1 aliphatic heterocycles. The van der Waals surface area contributed by atoms with Crippen LogP contribution in [0.15, 0.2) is 66.7 Å². The zero-order chi connectivity index (χ0) is 13.4. The Morgan fingerprint density at radius 1 is 0.700 bits per heavy atom. The highest BCUT2D eigenvalue weighted by Crippen LogP contribution is 2.25. The smallest absolute Gasteiger partial charge is 0.0244 e. The minimum absolute atomic E-state index is 1.03. The first kappa shape index (κ1) is 11.7. The molecule has 0 unspecified atom stereocenters. The molecule has 0 radical (unpaired) electrons. The molecule has 3 aromatic carbocycles. The van der Waals surface area contributed by atoms with Gasteiger partial charge in [-0.25, -0.2) is 0 Å². The lowest BCUT2D eigenvalue weighted by atomic mass is 10.1. The van der Waals surface area contributed by atoms with Gasteiger partial charge in [-0.3, -0.25) is 4.90 Å². The maximum absolute atomic E-state index is 2.51. The van der Waals surface area contributed by atoms with Crippen molar-refractivity contribution in [3.8, 4) is 0 Å². The minimum Gasteiger partial charge on any atom is -0.291 e. The fourth-order valence-electron chi connectivity index (χ4n) is 3.11. The normalized spacial score (nSPS) is 14.6. The Labute approximate surface area is 119 Å². The topological polar surface area (TPSA) is 3.24 Å². The van der Waals surface area contributed by atoms with E-state index >= 15 is 0 Å². The van der Waals surface area contributed by atoms with Crippen LogP contribution in [0, 0.1) is 0 Å². The molecule has 0 spiro atoms. The monoisotopic (exact) mass is 259 g/mol. The first-order chi connectivity index (χ1) is 9.88. The molecular weight excluding hydrogens is 242 g/mol. The van der Waals surface area contributed by atoms with Gasteiger partial charge < -0.3 is 0 Å². The largest absolute Gasteiger partial charge is 0.291 e. The molecule has 0 bridgehead atoms. The van der Waals surface area contributed by atoms with Gasteiger partial charge in [-0.1, -0.05) is 60.7 Å². The first-order valence-electron chi connectivity index (χ1n) is 7.15. The summed E-state index contributed by atoms with van der Waals surface area (Å²) in [6, 6.07) is 24.1. The van der Waals surface area contributed by atoms with Gasteiger partial charge in [-0.2, -0.15) is 0 Å². The maximum atomic E-state index is 2.51. The van der Waals surface area contributed by atoms with E-state index in [1.54, 1.807) is 0 Å². The lowest BCUT2D eigenvalue weighted by molar-refractivity contribution is 0.275. The Bertz CT molecular complexity index is 735. The van der Waals surface area contributed by atoms with Crippen LogP contribution >= 0.6 is 0 Å². The van der Waals surface area contributed by atoms with E-state index in [1.165, 1.54) is 27.5 Å². The summed E-state index contributed by atoms with van der Waals surface area (Å²) in [4.78, 5) is 2.51. The summed E-state index contributed by atoms with van der Waals surface area (Å²) in [6.45, 7) is 3.17. The molecule has 20 heavy (non-hydrogen) atoms. The molecule has 0 atom stereocenters. The van der Waals surface area contributed by atoms with Crippen molar-refractivity contribution in [2.75, 3.05) is 0 Å². The molecule has 0 aromatic heterocycles. The second-order valence-corrected chi connectivity index (χ2v) is 5.60. The van der Waals surface area contributed by atoms with Crippen molar-refractivity contribution in [1.82, 2.24) is 4.90 Å². The Morgan fingerprint density at radius 2 is 1.35 bits per heavy atom. The summed E-state index contributed by atoms with van der Waals surface area (Å²) in [5, 5.41) is 2.66. The van der Waals surface area contributed by atoms with Gasteiger partial charge in [-0.15, -0.1) is 0 Å². The maximum Gasteiger partial charge on any atom is 0.0244 e. The molecular formula is C19H17N. The second kappa shape index (κ2) is 4.77.